The first-order chi connectivity index (χ1) is 8.52. The zero-order valence-electron chi connectivity index (χ0n) is 8.96. The lowest BCUT2D eigenvalue weighted by molar-refractivity contribution is -0.428. The van der Waals surface area contributed by atoms with Crippen molar-refractivity contribution < 1.29 is 44.6 Å². The third-order valence-electron chi connectivity index (χ3n) is 2.86. The van der Waals surface area contributed by atoms with Gasteiger partial charge in [-0.05, 0) is 6.42 Å². The Labute approximate surface area is 101 Å². The molecule has 0 aromatic heterocycles. The summed E-state index contributed by atoms with van der Waals surface area (Å²) >= 11 is 0. The first kappa shape index (κ1) is 14.5. The highest BCUT2D eigenvalue weighted by Crippen LogP contribution is 2.62. The van der Waals surface area contributed by atoms with E-state index < -0.39 is 48.4 Å². The van der Waals surface area contributed by atoms with Gasteiger partial charge < -0.3 is 9.47 Å². The zero-order chi connectivity index (χ0) is 14.7. The summed E-state index contributed by atoms with van der Waals surface area (Å²) < 4.78 is 114. The highest BCUT2D eigenvalue weighted by atomic mass is 19.3. The molecule has 0 atom stereocenters. The molecule has 0 unspecified atom stereocenters. The van der Waals surface area contributed by atoms with Gasteiger partial charge in [0, 0.05) is 0 Å². The fraction of sp³-hybridized carbons (Fsp3) is 0.778. The van der Waals surface area contributed by atoms with Crippen molar-refractivity contribution in [3.8, 4) is 0 Å². The van der Waals surface area contributed by atoms with Crippen molar-refractivity contribution in [2.75, 3.05) is 13.2 Å². The van der Waals surface area contributed by atoms with E-state index in [1.54, 1.807) is 0 Å². The molecule has 2 aliphatic rings. The molecule has 0 bridgehead atoms. The van der Waals surface area contributed by atoms with Crippen LogP contribution < -0.4 is 0 Å². The second-order valence-electron chi connectivity index (χ2n) is 4.02. The number of allylic oxidation sites excluding steroid dienone is 1. The third kappa shape index (κ3) is 1.44. The van der Waals surface area contributed by atoms with Crippen molar-refractivity contribution in [1.82, 2.24) is 0 Å². The largest absolute Gasteiger partial charge is 0.384 e. The predicted molar refractivity (Wildman–Crippen MR) is 43.3 cm³/mol. The van der Waals surface area contributed by atoms with Gasteiger partial charge in [0.2, 0.25) is 11.7 Å². The maximum atomic E-state index is 13.5. The Morgan fingerprint density at radius 1 is 0.737 bits per heavy atom. The maximum Gasteiger partial charge on any atom is 0.384 e. The van der Waals surface area contributed by atoms with Crippen LogP contribution in [0, 0.1) is 0 Å². The Kier molecular flexibility index (Phi) is 2.91. The molecule has 0 N–H and O–H groups in total. The van der Waals surface area contributed by atoms with E-state index in [1.807, 2.05) is 0 Å². The minimum Gasteiger partial charge on any atom is -0.339 e. The van der Waals surface area contributed by atoms with E-state index in [0.29, 0.717) is 0 Å². The van der Waals surface area contributed by atoms with Gasteiger partial charge in [0.25, 0.3) is 5.79 Å². The lowest BCUT2D eigenvalue weighted by Gasteiger charge is -2.47. The van der Waals surface area contributed by atoms with Crippen LogP contribution in [-0.4, -0.2) is 36.8 Å². The summed E-state index contributed by atoms with van der Waals surface area (Å²) in [6, 6.07) is 0. The van der Waals surface area contributed by atoms with Crippen molar-refractivity contribution in [2.24, 2.45) is 0 Å². The predicted octanol–water partition coefficient (Wildman–Crippen LogP) is 3.19. The van der Waals surface area contributed by atoms with Crippen molar-refractivity contribution >= 4 is 0 Å². The number of halogens is 8. The minimum atomic E-state index is -6.20. The van der Waals surface area contributed by atoms with Crippen molar-refractivity contribution in [3.05, 3.63) is 11.7 Å². The fourth-order valence-electron chi connectivity index (χ4n) is 1.80. The molecule has 2 rings (SSSR count). The molecule has 10 heteroatoms. The van der Waals surface area contributed by atoms with Gasteiger partial charge in [0.1, 0.15) is 0 Å². The summed E-state index contributed by atoms with van der Waals surface area (Å²) in [5, 5.41) is 0. The molecule has 0 saturated carbocycles. The van der Waals surface area contributed by atoms with Crippen LogP contribution in [0.5, 0.6) is 0 Å². The molecule has 19 heavy (non-hydrogen) atoms. The number of hydrogen-bond acceptors (Lipinski definition) is 2. The SMILES string of the molecule is FC1=C(F)C2(OCCCO2)C(F)(F)C(F)(F)C1(F)F. The number of ether oxygens (including phenoxy) is 2. The molecule has 1 fully saturated rings. The van der Waals surface area contributed by atoms with Gasteiger partial charge in [0.05, 0.1) is 13.2 Å². The number of rotatable bonds is 0. The summed E-state index contributed by atoms with van der Waals surface area (Å²) in [4.78, 5) is 0. The van der Waals surface area contributed by atoms with E-state index in [1.165, 1.54) is 0 Å². The Morgan fingerprint density at radius 2 is 1.21 bits per heavy atom. The number of alkyl halides is 6. The van der Waals surface area contributed by atoms with Crippen LogP contribution in [0.1, 0.15) is 6.42 Å². The van der Waals surface area contributed by atoms with Crippen LogP contribution in [0.2, 0.25) is 0 Å². The molecule has 0 aromatic carbocycles. The van der Waals surface area contributed by atoms with Gasteiger partial charge in [-0.3, -0.25) is 0 Å². The van der Waals surface area contributed by atoms with Crippen molar-refractivity contribution in [3.63, 3.8) is 0 Å². The van der Waals surface area contributed by atoms with Crippen LogP contribution >= 0.6 is 0 Å². The minimum absolute atomic E-state index is 0.0608. The third-order valence-corrected chi connectivity index (χ3v) is 2.86. The average molecular weight is 298 g/mol. The zero-order valence-corrected chi connectivity index (χ0v) is 8.96. The summed E-state index contributed by atoms with van der Waals surface area (Å²) in [7, 11) is 0. The normalized spacial score (nSPS) is 31.6. The molecule has 0 amide bonds. The highest BCUT2D eigenvalue weighted by Gasteiger charge is 2.87. The maximum absolute atomic E-state index is 13.5. The standard InChI is InChI=1S/C9H6F8O2/c10-4-5(11)7(18-2-1-3-19-7)9(16,17)8(14,15)6(4,12)13/h1-3H2. The quantitative estimate of drug-likeness (QED) is 0.639. The van der Waals surface area contributed by atoms with E-state index in [0.717, 1.165) is 0 Å². The van der Waals surface area contributed by atoms with E-state index >= 15 is 0 Å². The first-order valence-corrected chi connectivity index (χ1v) is 5.00. The molecule has 0 radical (unpaired) electrons. The molecule has 2 nitrogen and oxygen atoms in total. The summed E-state index contributed by atoms with van der Waals surface area (Å²) in [5.74, 6) is -28.3. The van der Waals surface area contributed by atoms with Gasteiger partial charge in [-0.2, -0.15) is 26.3 Å². The van der Waals surface area contributed by atoms with Crippen LogP contribution in [0.25, 0.3) is 0 Å². The summed E-state index contributed by atoms with van der Waals surface area (Å²) in [6.45, 7) is -1.34. The Morgan fingerprint density at radius 3 is 1.68 bits per heavy atom. The second kappa shape index (κ2) is 3.81. The topological polar surface area (TPSA) is 18.5 Å². The molecule has 110 valence electrons. The Balaban J connectivity index is 2.71. The average Bonchev–Trinajstić information content (AvgIpc) is 2.36. The molecule has 1 saturated heterocycles. The second-order valence-corrected chi connectivity index (χ2v) is 4.02. The summed E-state index contributed by atoms with van der Waals surface area (Å²) in [5.41, 5.74) is 0. The van der Waals surface area contributed by atoms with Gasteiger partial charge in [-0.1, -0.05) is 0 Å². The van der Waals surface area contributed by atoms with E-state index in [4.69, 9.17) is 0 Å². The lowest BCUT2D eigenvalue weighted by atomic mass is 9.87. The van der Waals surface area contributed by atoms with Crippen molar-refractivity contribution in [1.29, 1.82) is 0 Å². The Bertz CT molecular complexity index is 424. The Hall–Kier alpha value is -0.900. The molecule has 1 aliphatic carbocycles. The van der Waals surface area contributed by atoms with E-state index in [-0.39, 0.29) is 6.42 Å². The van der Waals surface area contributed by atoms with Crippen LogP contribution in [0.15, 0.2) is 11.7 Å². The van der Waals surface area contributed by atoms with Crippen LogP contribution in [0.3, 0.4) is 0 Å². The molecular weight excluding hydrogens is 292 g/mol. The molecule has 1 aliphatic heterocycles. The lowest BCUT2D eigenvalue weighted by Crippen LogP contribution is -2.71. The monoisotopic (exact) mass is 298 g/mol. The first-order valence-electron chi connectivity index (χ1n) is 5.00. The summed E-state index contributed by atoms with van der Waals surface area (Å²) in [6.07, 6.45) is -0.0608. The van der Waals surface area contributed by atoms with Crippen molar-refractivity contribution in [2.45, 2.75) is 30.0 Å². The number of hydrogen-bond donors (Lipinski definition) is 0. The fourth-order valence-corrected chi connectivity index (χ4v) is 1.80. The smallest absolute Gasteiger partial charge is 0.339 e. The highest BCUT2D eigenvalue weighted by molar-refractivity contribution is 5.32. The van der Waals surface area contributed by atoms with Crippen LogP contribution in [-0.2, 0) is 9.47 Å². The molecule has 1 spiro atoms. The molecule has 1 heterocycles. The van der Waals surface area contributed by atoms with Gasteiger partial charge >= 0.3 is 17.8 Å². The van der Waals surface area contributed by atoms with Gasteiger partial charge in [-0.25, -0.2) is 8.78 Å². The van der Waals surface area contributed by atoms with E-state index in [2.05, 4.69) is 9.47 Å². The van der Waals surface area contributed by atoms with Gasteiger partial charge in [-0.15, -0.1) is 0 Å². The van der Waals surface area contributed by atoms with Crippen LogP contribution in [0.4, 0.5) is 35.1 Å². The van der Waals surface area contributed by atoms with Gasteiger partial charge in [0.15, 0.2) is 0 Å². The molecular formula is C9H6F8O2. The molecule has 0 aromatic rings. The van der Waals surface area contributed by atoms with E-state index in [9.17, 15) is 35.1 Å².